The Hall–Kier alpha value is -4.59. The minimum atomic E-state index is -0.197. The van der Waals surface area contributed by atoms with Gasteiger partial charge in [0.05, 0.1) is 18.1 Å². The molecule has 0 fully saturated rings. The van der Waals surface area contributed by atoms with E-state index in [-0.39, 0.29) is 5.78 Å². The number of ketones is 1. The second-order valence-electron chi connectivity index (χ2n) is 6.86. The minimum Gasteiger partial charge on any atom is -0.481 e. The van der Waals surface area contributed by atoms with Gasteiger partial charge in [-0.2, -0.15) is 0 Å². The maximum atomic E-state index is 12.8. The Morgan fingerprint density at radius 2 is 1.72 bits per heavy atom. The van der Waals surface area contributed by atoms with Crippen LogP contribution in [0.2, 0.25) is 0 Å². The fourth-order valence-corrected chi connectivity index (χ4v) is 3.22. The number of H-pyrrole nitrogens is 1. The zero-order chi connectivity index (χ0) is 21.9. The fourth-order valence-electron chi connectivity index (χ4n) is 3.22. The van der Waals surface area contributed by atoms with Crippen LogP contribution in [0.25, 0.3) is 22.3 Å². The summed E-state index contributed by atoms with van der Waals surface area (Å²) in [5, 5.41) is 0. The van der Waals surface area contributed by atoms with Gasteiger partial charge in [0.15, 0.2) is 5.82 Å². The van der Waals surface area contributed by atoms with Gasteiger partial charge in [0.1, 0.15) is 11.4 Å². The van der Waals surface area contributed by atoms with Crippen LogP contribution in [-0.4, -0.2) is 37.8 Å². The molecule has 2 aromatic carbocycles. The van der Waals surface area contributed by atoms with Crippen molar-refractivity contribution >= 4 is 16.8 Å². The Bertz CT molecular complexity index is 1360. The maximum Gasteiger partial charge on any atom is 0.246 e. The van der Waals surface area contributed by atoms with E-state index in [4.69, 9.17) is 9.47 Å². The molecule has 0 bridgehead atoms. The van der Waals surface area contributed by atoms with E-state index in [0.717, 1.165) is 16.6 Å². The lowest BCUT2D eigenvalue weighted by Gasteiger charge is -2.09. The number of nitrogens with zero attached hydrogens (tertiary/aromatic N) is 4. The van der Waals surface area contributed by atoms with Crippen molar-refractivity contribution in [3.05, 3.63) is 90.6 Å². The first-order valence-corrected chi connectivity index (χ1v) is 9.80. The SMILES string of the molecule is COc1ccc(-c2nccnc2Oc2ccc(C(=O)c3nc4ccccc4[nH]3)cc2)cn1. The number of aromatic nitrogens is 5. The smallest absolute Gasteiger partial charge is 0.246 e. The molecule has 0 spiro atoms. The lowest BCUT2D eigenvalue weighted by molar-refractivity contribution is 0.103. The van der Waals surface area contributed by atoms with Gasteiger partial charge in [-0.15, -0.1) is 0 Å². The fraction of sp³-hybridized carbons (Fsp3) is 0.0417. The lowest BCUT2D eigenvalue weighted by Crippen LogP contribution is -2.03. The number of carbonyl (C=O) groups is 1. The molecule has 8 nitrogen and oxygen atoms in total. The number of imidazole rings is 1. The zero-order valence-electron chi connectivity index (χ0n) is 17.0. The van der Waals surface area contributed by atoms with Crippen LogP contribution in [-0.2, 0) is 0 Å². The van der Waals surface area contributed by atoms with Crippen LogP contribution in [0.1, 0.15) is 16.2 Å². The van der Waals surface area contributed by atoms with Gasteiger partial charge >= 0.3 is 0 Å². The molecule has 0 radical (unpaired) electrons. The number of aromatic amines is 1. The predicted octanol–water partition coefficient (Wildman–Crippen LogP) is 4.45. The number of rotatable bonds is 6. The molecule has 0 atom stereocenters. The molecule has 0 saturated heterocycles. The minimum absolute atomic E-state index is 0.197. The van der Waals surface area contributed by atoms with Gasteiger partial charge in [0.2, 0.25) is 17.5 Å². The van der Waals surface area contributed by atoms with E-state index in [2.05, 4.69) is 24.9 Å². The van der Waals surface area contributed by atoms with Crippen molar-refractivity contribution in [2.45, 2.75) is 0 Å². The summed E-state index contributed by atoms with van der Waals surface area (Å²) >= 11 is 0. The highest BCUT2D eigenvalue weighted by Gasteiger charge is 2.15. The van der Waals surface area contributed by atoms with Gasteiger partial charge in [-0.3, -0.25) is 4.79 Å². The molecule has 3 heterocycles. The third-order valence-electron chi connectivity index (χ3n) is 4.82. The number of hydrogen-bond donors (Lipinski definition) is 1. The van der Waals surface area contributed by atoms with Crippen molar-refractivity contribution in [1.82, 2.24) is 24.9 Å². The van der Waals surface area contributed by atoms with Crippen LogP contribution >= 0.6 is 0 Å². The van der Waals surface area contributed by atoms with Gasteiger partial charge < -0.3 is 14.5 Å². The largest absolute Gasteiger partial charge is 0.481 e. The van der Waals surface area contributed by atoms with Gasteiger partial charge in [-0.25, -0.2) is 19.9 Å². The van der Waals surface area contributed by atoms with Crippen LogP contribution in [0.3, 0.4) is 0 Å². The van der Waals surface area contributed by atoms with Crippen molar-refractivity contribution in [2.75, 3.05) is 7.11 Å². The first-order chi connectivity index (χ1) is 15.7. The molecule has 156 valence electrons. The van der Waals surface area contributed by atoms with E-state index in [1.54, 1.807) is 56.0 Å². The van der Waals surface area contributed by atoms with Crippen LogP contribution in [0, 0.1) is 0 Å². The third-order valence-corrected chi connectivity index (χ3v) is 4.82. The van der Waals surface area contributed by atoms with Crippen molar-refractivity contribution in [3.63, 3.8) is 0 Å². The number of hydrogen-bond acceptors (Lipinski definition) is 7. The molecule has 0 aliphatic rings. The summed E-state index contributed by atoms with van der Waals surface area (Å²) < 4.78 is 11.0. The number of benzene rings is 2. The zero-order valence-corrected chi connectivity index (χ0v) is 17.0. The number of fused-ring (bicyclic) bond motifs is 1. The Balaban J connectivity index is 1.37. The van der Waals surface area contributed by atoms with E-state index in [0.29, 0.717) is 34.6 Å². The summed E-state index contributed by atoms with van der Waals surface area (Å²) in [5.41, 5.74) is 3.35. The molecule has 5 aromatic rings. The lowest BCUT2D eigenvalue weighted by atomic mass is 10.1. The van der Waals surface area contributed by atoms with Gasteiger partial charge in [0, 0.05) is 35.8 Å². The predicted molar refractivity (Wildman–Crippen MR) is 118 cm³/mol. The third kappa shape index (κ3) is 3.77. The number of ether oxygens (including phenoxy) is 2. The van der Waals surface area contributed by atoms with Gasteiger partial charge in [-0.1, -0.05) is 12.1 Å². The average molecular weight is 423 g/mol. The van der Waals surface area contributed by atoms with Crippen LogP contribution in [0.5, 0.6) is 17.5 Å². The Labute approximate surface area is 182 Å². The standard InChI is InChI=1S/C24H17N5O3/c1-31-20-11-8-16(14-27-20)21-24(26-13-12-25-21)32-17-9-6-15(7-10-17)22(30)23-28-18-4-2-3-5-19(18)29-23/h2-14H,1H3,(H,28,29). The summed E-state index contributed by atoms with van der Waals surface area (Å²) in [4.78, 5) is 33.1. The highest BCUT2D eigenvalue weighted by Crippen LogP contribution is 2.30. The van der Waals surface area contributed by atoms with Crippen LogP contribution < -0.4 is 9.47 Å². The quantitative estimate of drug-likeness (QED) is 0.403. The molecule has 0 aliphatic carbocycles. The Kier molecular flexibility index (Phi) is 5.01. The Morgan fingerprint density at radius 1 is 0.906 bits per heavy atom. The first kappa shape index (κ1) is 19.4. The molecular weight excluding hydrogens is 406 g/mol. The number of nitrogens with one attached hydrogen (secondary N) is 1. The van der Waals surface area contributed by atoms with Crippen molar-refractivity contribution in [2.24, 2.45) is 0 Å². The van der Waals surface area contributed by atoms with Crippen molar-refractivity contribution in [3.8, 4) is 28.8 Å². The highest BCUT2D eigenvalue weighted by molar-refractivity contribution is 6.08. The molecular formula is C24H17N5O3. The molecule has 0 unspecified atom stereocenters. The monoisotopic (exact) mass is 423 g/mol. The second kappa shape index (κ2) is 8.27. The summed E-state index contributed by atoms with van der Waals surface area (Å²) in [5.74, 6) is 1.45. The van der Waals surface area contributed by atoms with E-state index in [1.165, 1.54) is 0 Å². The summed E-state index contributed by atoms with van der Waals surface area (Å²) in [7, 11) is 1.56. The Morgan fingerprint density at radius 3 is 2.47 bits per heavy atom. The average Bonchev–Trinajstić information content (AvgIpc) is 3.29. The molecule has 0 amide bonds. The number of methoxy groups -OCH3 is 1. The molecule has 32 heavy (non-hydrogen) atoms. The summed E-state index contributed by atoms with van der Waals surface area (Å²) in [6, 6.07) is 17.9. The van der Waals surface area contributed by atoms with E-state index >= 15 is 0 Å². The summed E-state index contributed by atoms with van der Waals surface area (Å²) in [6.45, 7) is 0. The topological polar surface area (TPSA) is 103 Å². The normalized spacial score (nSPS) is 10.8. The van der Waals surface area contributed by atoms with Gasteiger partial charge in [-0.05, 0) is 42.5 Å². The van der Waals surface area contributed by atoms with E-state index in [9.17, 15) is 4.79 Å². The van der Waals surface area contributed by atoms with E-state index < -0.39 is 0 Å². The van der Waals surface area contributed by atoms with Gasteiger partial charge in [0.25, 0.3) is 0 Å². The molecule has 1 N–H and O–H groups in total. The second-order valence-corrected chi connectivity index (χ2v) is 6.86. The molecule has 8 heteroatoms. The van der Waals surface area contributed by atoms with Crippen molar-refractivity contribution < 1.29 is 14.3 Å². The maximum absolute atomic E-state index is 12.8. The first-order valence-electron chi connectivity index (χ1n) is 9.80. The van der Waals surface area contributed by atoms with Crippen molar-refractivity contribution in [1.29, 1.82) is 0 Å². The van der Waals surface area contributed by atoms with Crippen LogP contribution in [0.4, 0.5) is 0 Å². The molecule has 3 aromatic heterocycles. The highest BCUT2D eigenvalue weighted by atomic mass is 16.5. The number of para-hydroxylation sites is 2. The molecule has 0 aliphatic heterocycles. The number of pyridine rings is 1. The molecule has 0 saturated carbocycles. The number of carbonyl (C=O) groups excluding carboxylic acids is 1. The van der Waals surface area contributed by atoms with Crippen LogP contribution in [0.15, 0.2) is 79.3 Å². The summed E-state index contributed by atoms with van der Waals surface area (Å²) in [6.07, 6.45) is 4.78. The molecule has 5 rings (SSSR count). The van der Waals surface area contributed by atoms with E-state index in [1.807, 2.05) is 30.3 Å².